The van der Waals surface area contributed by atoms with E-state index in [-0.39, 0.29) is 11.4 Å². The summed E-state index contributed by atoms with van der Waals surface area (Å²) in [6, 6.07) is 14.7. The molecule has 0 atom stereocenters. The molecule has 4 nitrogen and oxygen atoms in total. The van der Waals surface area contributed by atoms with Crippen LogP contribution in [0.4, 0.5) is 0 Å². The van der Waals surface area contributed by atoms with Crippen molar-refractivity contribution in [1.29, 1.82) is 0 Å². The molecule has 0 saturated heterocycles. The molecule has 0 saturated carbocycles. The summed E-state index contributed by atoms with van der Waals surface area (Å²) in [5.41, 5.74) is 2.85. The first-order valence-corrected chi connectivity index (χ1v) is 10.9. The molecule has 0 aliphatic carbocycles. The molecule has 0 unspecified atom stereocenters. The van der Waals surface area contributed by atoms with Crippen LogP contribution >= 0.6 is 11.8 Å². The van der Waals surface area contributed by atoms with Crippen LogP contribution in [0.1, 0.15) is 18.1 Å². The van der Waals surface area contributed by atoms with E-state index in [0.29, 0.717) is 6.42 Å². The third-order valence-corrected chi connectivity index (χ3v) is 6.85. The Morgan fingerprint density at radius 3 is 2.31 bits per heavy atom. The van der Waals surface area contributed by atoms with Gasteiger partial charge in [-0.2, -0.15) is 0 Å². The Balaban J connectivity index is 1.73. The van der Waals surface area contributed by atoms with Crippen molar-refractivity contribution < 1.29 is 13.2 Å². The Hall–Kier alpha value is -2.05. The Morgan fingerprint density at radius 2 is 1.69 bits per heavy atom. The Labute approximate surface area is 159 Å². The Bertz CT molecular complexity index is 930. The van der Waals surface area contributed by atoms with Crippen LogP contribution in [0.15, 0.2) is 70.0 Å². The number of amides is 1. The van der Waals surface area contributed by atoms with Gasteiger partial charge in [-0.3, -0.25) is 4.79 Å². The van der Waals surface area contributed by atoms with E-state index in [1.807, 2.05) is 19.1 Å². The summed E-state index contributed by atoms with van der Waals surface area (Å²) < 4.78 is 26.4. The van der Waals surface area contributed by atoms with Crippen molar-refractivity contribution in [2.75, 3.05) is 12.3 Å². The molecule has 1 aliphatic rings. The highest BCUT2D eigenvalue weighted by Gasteiger charge is 2.33. The second-order valence-electron chi connectivity index (χ2n) is 6.22. The second-order valence-corrected chi connectivity index (χ2v) is 9.42. The molecule has 1 heterocycles. The van der Waals surface area contributed by atoms with E-state index in [1.54, 1.807) is 36.0 Å². The molecule has 26 heavy (non-hydrogen) atoms. The zero-order valence-electron chi connectivity index (χ0n) is 14.8. The van der Waals surface area contributed by atoms with Gasteiger partial charge in [0.2, 0.25) is 0 Å². The average Bonchev–Trinajstić information content (AvgIpc) is 2.98. The summed E-state index contributed by atoms with van der Waals surface area (Å²) in [4.78, 5) is 13.6. The number of benzene rings is 2. The van der Waals surface area contributed by atoms with E-state index in [2.05, 4.69) is 19.1 Å². The molecular weight excluding hydrogens is 366 g/mol. The topological polar surface area (TPSA) is 54.5 Å². The van der Waals surface area contributed by atoms with Crippen molar-refractivity contribution in [2.24, 2.45) is 0 Å². The van der Waals surface area contributed by atoms with Gasteiger partial charge in [0.25, 0.3) is 15.9 Å². The summed E-state index contributed by atoms with van der Waals surface area (Å²) >= 11 is 1.77. The molecular formula is C20H21NO3S2. The zero-order valence-corrected chi connectivity index (χ0v) is 16.4. The van der Waals surface area contributed by atoms with Gasteiger partial charge in [0, 0.05) is 11.0 Å². The molecule has 2 aromatic carbocycles. The van der Waals surface area contributed by atoms with E-state index in [4.69, 9.17) is 0 Å². The van der Waals surface area contributed by atoms with Crippen LogP contribution in [0.25, 0.3) is 0 Å². The fourth-order valence-corrected chi connectivity index (χ4v) is 4.86. The van der Waals surface area contributed by atoms with Crippen molar-refractivity contribution >= 4 is 27.7 Å². The highest BCUT2D eigenvalue weighted by atomic mass is 32.2. The van der Waals surface area contributed by atoms with Crippen LogP contribution in [0.2, 0.25) is 0 Å². The number of carbonyl (C=O) groups is 1. The van der Waals surface area contributed by atoms with Crippen LogP contribution in [0.3, 0.4) is 0 Å². The van der Waals surface area contributed by atoms with E-state index in [1.165, 1.54) is 11.0 Å². The third-order valence-electron chi connectivity index (χ3n) is 4.19. The van der Waals surface area contributed by atoms with Crippen LogP contribution in [-0.2, 0) is 21.2 Å². The maximum absolute atomic E-state index is 12.7. The van der Waals surface area contributed by atoms with Crippen molar-refractivity contribution in [1.82, 2.24) is 4.31 Å². The highest BCUT2D eigenvalue weighted by Crippen LogP contribution is 2.25. The van der Waals surface area contributed by atoms with E-state index >= 15 is 0 Å². The molecule has 0 aromatic heterocycles. The summed E-state index contributed by atoms with van der Waals surface area (Å²) in [5.74, 6) is 0.545. The van der Waals surface area contributed by atoms with Crippen molar-refractivity contribution in [3.63, 3.8) is 0 Å². The molecule has 0 N–H and O–H groups in total. The molecule has 6 heteroatoms. The Morgan fingerprint density at radius 1 is 1.04 bits per heavy atom. The van der Waals surface area contributed by atoms with Gasteiger partial charge in [-0.1, -0.05) is 36.8 Å². The normalized spacial score (nSPS) is 14.6. The van der Waals surface area contributed by atoms with Crippen molar-refractivity contribution in [2.45, 2.75) is 30.1 Å². The van der Waals surface area contributed by atoms with Crippen LogP contribution in [0, 0.1) is 6.92 Å². The van der Waals surface area contributed by atoms with Crippen LogP contribution in [0.5, 0.6) is 0 Å². The molecule has 0 fully saturated rings. The quantitative estimate of drug-likeness (QED) is 0.708. The van der Waals surface area contributed by atoms with Crippen LogP contribution < -0.4 is 0 Å². The summed E-state index contributed by atoms with van der Waals surface area (Å²) in [6.45, 7) is 4.11. The summed E-state index contributed by atoms with van der Waals surface area (Å²) in [7, 11) is -3.82. The number of hydrogen-bond donors (Lipinski definition) is 0. The lowest BCUT2D eigenvalue weighted by atomic mass is 10.1. The zero-order chi connectivity index (χ0) is 18.7. The average molecular weight is 388 g/mol. The first-order valence-electron chi connectivity index (χ1n) is 8.44. The number of carbonyl (C=O) groups excluding carboxylic acids is 1. The molecule has 1 aliphatic heterocycles. The number of aryl methyl sites for hydroxylation is 1. The van der Waals surface area contributed by atoms with Gasteiger partial charge in [0.1, 0.15) is 0 Å². The van der Waals surface area contributed by atoms with Gasteiger partial charge < -0.3 is 0 Å². The van der Waals surface area contributed by atoms with Gasteiger partial charge in [0.05, 0.1) is 11.4 Å². The standard InChI is InChI=1S/C20H21NO3S2/c1-3-25-18-8-6-16(7-9-18)12-17-13-20(22)21(14-17)26(23,24)19-10-4-15(2)5-11-19/h4-11,13H,3,12,14H2,1-2H3. The number of rotatable bonds is 6. The minimum atomic E-state index is -3.82. The predicted molar refractivity (Wildman–Crippen MR) is 105 cm³/mol. The largest absolute Gasteiger partial charge is 0.269 e. The second kappa shape index (κ2) is 7.68. The molecule has 136 valence electrons. The molecule has 0 spiro atoms. The third kappa shape index (κ3) is 4.02. The lowest BCUT2D eigenvalue weighted by Gasteiger charge is -2.17. The molecule has 0 radical (unpaired) electrons. The van der Waals surface area contributed by atoms with Crippen molar-refractivity contribution in [3.05, 3.63) is 71.3 Å². The smallest absolute Gasteiger partial charge is 0.267 e. The Kier molecular flexibility index (Phi) is 5.53. The first-order chi connectivity index (χ1) is 12.4. The van der Waals surface area contributed by atoms with Gasteiger partial charge >= 0.3 is 0 Å². The number of nitrogens with zero attached hydrogens (tertiary/aromatic N) is 1. The SMILES string of the molecule is CCSc1ccc(CC2=CC(=O)N(S(=O)(=O)c3ccc(C)cc3)C2)cc1. The van der Waals surface area contributed by atoms with E-state index < -0.39 is 15.9 Å². The van der Waals surface area contributed by atoms with E-state index in [9.17, 15) is 13.2 Å². The predicted octanol–water partition coefficient (Wildman–Crippen LogP) is 3.81. The lowest BCUT2D eigenvalue weighted by Crippen LogP contribution is -2.33. The number of hydrogen-bond acceptors (Lipinski definition) is 4. The van der Waals surface area contributed by atoms with Gasteiger partial charge in [0.15, 0.2) is 0 Å². The number of sulfonamides is 1. The van der Waals surface area contributed by atoms with Gasteiger partial charge in [-0.05, 0) is 54.5 Å². The molecule has 2 aromatic rings. The van der Waals surface area contributed by atoms with E-state index in [0.717, 1.165) is 26.8 Å². The fraction of sp³-hybridized carbons (Fsp3) is 0.250. The first kappa shape index (κ1) is 18.7. The minimum absolute atomic E-state index is 0.112. The lowest BCUT2D eigenvalue weighted by molar-refractivity contribution is -0.120. The van der Waals surface area contributed by atoms with Gasteiger partial charge in [-0.25, -0.2) is 12.7 Å². The summed E-state index contributed by atoms with van der Waals surface area (Å²) in [5, 5.41) is 0. The van der Waals surface area contributed by atoms with Crippen molar-refractivity contribution in [3.8, 4) is 0 Å². The molecule has 0 bridgehead atoms. The molecule has 3 rings (SSSR count). The summed E-state index contributed by atoms with van der Waals surface area (Å²) in [6.07, 6.45) is 2.02. The number of thioether (sulfide) groups is 1. The maximum Gasteiger partial charge on any atom is 0.267 e. The van der Waals surface area contributed by atoms with Crippen LogP contribution in [-0.4, -0.2) is 30.9 Å². The highest BCUT2D eigenvalue weighted by molar-refractivity contribution is 7.99. The maximum atomic E-state index is 12.7. The fourth-order valence-electron chi connectivity index (χ4n) is 2.83. The van der Waals surface area contributed by atoms with Gasteiger partial charge in [-0.15, -0.1) is 11.8 Å². The monoisotopic (exact) mass is 387 g/mol. The minimum Gasteiger partial charge on any atom is -0.269 e. The molecule has 1 amide bonds.